The molecule has 0 spiro atoms. The number of hydrogen-bond acceptors (Lipinski definition) is 5. The van der Waals surface area contributed by atoms with Crippen LogP contribution in [0, 0.1) is 0 Å². The third kappa shape index (κ3) is 10.5. The molecule has 1 aromatic heterocycles. The van der Waals surface area contributed by atoms with Crippen molar-refractivity contribution < 1.29 is 18.7 Å². The van der Waals surface area contributed by atoms with Crippen molar-refractivity contribution in [3.8, 4) is 0 Å². The molecule has 1 fully saturated rings. The van der Waals surface area contributed by atoms with E-state index < -0.39 is 0 Å². The molecule has 1 aromatic rings. The second-order valence-electron chi connectivity index (χ2n) is 7.00. The molecule has 9 heteroatoms. The summed E-state index contributed by atoms with van der Waals surface area (Å²) in [5, 5.41) is 6.93. The zero-order valence-electron chi connectivity index (χ0n) is 18.2. The van der Waals surface area contributed by atoms with Crippen LogP contribution in [0.3, 0.4) is 0 Å². The molecule has 1 aliphatic rings. The second-order valence-corrected chi connectivity index (χ2v) is 7.00. The molecule has 30 heavy (non-hydrogen) atoms. The Hall–Kier alpha value is -1.49. The van der Waals surface area contributed by atoms with Crippen molar-refractivity contribution in [3.63, 3.8) is 0 Å². The molecular formula is C21H37IN4O4. The largest absolute Gasteiger partial charge is 0.469 e. The van der Waals surface area contributed by atoms with Gasteiger partial charge in [0.05, 0.1) is 12.9 Å². The minimum absolute atomic E-state index is 0. The predicted octanol–water partition coefficient (Wildman–Crippen LogP) is 3.41. The fraction of sp³-hybridized carbons (Fsp3) is 0.714. The molecule has 1 amide bonds. The number of guanidine groups is 1. The highest BCUT2D eigenvalue weighted by atomic mass is 127. The van der Waals surface area contributed by atoms with Crippen LogP contribution in [0.5, 0.6) is 0 Å². The fourth-order valence-electron chi connectivity index (χ4n) is 3.18. The standard InChI is InChI=1S/C21H36N4O4.HI/c1-3-27-16-6-5-12-22-20(23-13-9-19-8-7-17-29-19)24-18-10-14-25(15-11-18)21(26)28-4-2;/h7-8,17-18H,3-6,9-16H2,1-2H3,(H2,22,23,24);1H. The molecule has 0 saturated carbocycles. The number of piperidine rings is 1. The monoisotopic (exact) mass is 536 g/mol. The summed E-state index contributed by atoms with van der Waals surface area (Å²) in [5.41, 5.74) is 0. The Morgan fingerprint density at radius 2 is 2.07 bits per heavy atom. The lowest BCUT2D eigenvalue weighted by Crippen LogP contribution is -2.50. The molecule has 2 rings (SSSR count). The minimum Gasteiger partial charge on any atom is -0.469 e. The molecule has 0 radical (unpaired) electrons. The van der Waals surface area contributed by atoms with Crippen LogP contribution in [0.2, 0.25) is 0 Å². The van der Waals surface area contributed by atoms with Crippen LogP contribution in [-0.4, -0.2) is 69.0 Å². The molecule has 0 atom stereocenters. The van der Waals surface area contributed by atoms with Gasteiger partial charge in [-0.2, -0.15) is 0 Å². The summed E-state index contributed by atoms with van der Waals surface area (Å²) in [6.45, 7) is 8.70. The van der Waals surface area contributed by atoms with Gasteiger partial charge in [-0.1, -0.05) is 0 Å². The van der Waals surface area contributed by atoms with Gasteiger partial charge < -0.3 is 29.4 Å². The Morgan fingerprint density at radius 1 is 1.27 bits per heavy atom. The van der Waals surface area contributed by atoms with Crippen molar-refractivity contribution in [2.75, 3.05) is 46.0 Å². The van der Waals surface area contributed by atoms with Crippen molar-refractivity contribution in [2.45, 2.75) is 52.0 Å². The number of furan rings is 1. The lowest BCUT2D eigenvalue weighted by Gasteiger charge is -2.32. The van der Waals surface area contributed by atoms with Crippen LogP contribution in [0.1, 0.15) is 45.3 Å². The van der Waals surface area contributed by atoms with E-state index in [2.05, 4.69) is 10.6 Å². The first-order valence-electron chi connectivity index (χ1n) is 10.8. The van der Waals surface area contributed by atoms with Crippen molar-refractivity contribution >= 4 is 36.0 Å². The van der Waals surface area contributed by atoms with Crippen molar-refractivity contribution in [1.82, 2.24) is 15.5 Å². The normalized spacial score (nSPS) is 14.9. The molecule has 1 saturated heterocycles. The van der Waals surface area contributed by atoms with Gasteiger partial charge in [-0.25, -0.2) is 4.79 Å². The van der Waals surface area contributed by atoms with E-state index in [1.165, 1.54) is 0 Å². The first-order valence-corrected chi connectivity index (χ1v) is 10.8. The van der Waals surface area contributed by atoms with Crippen molar-refractivity contribution in [3.05, 3.63) is 24.2 Å². The lowest BCUT2D eigenvalue weighted by molar-refractivity contribution is 0.0963. The van der Waals surface area contributed by atoms with Crippen molar-refractivity contribution in [2.24, 2.45) is 4.99 Å². The van der Waals surface area contributed by atoms with Gasteiger partial charge in [-0.3, -0.25) is 4.99 Å². The summed E-state index contributed by atoms with van der Waals surface area (Å²) in [5.74, 6) is 1.78. The lowest BCUT2D eigenvalue weighted by atomic mass is 10.1. The van der Waals surface area contributed by atoms with E-state index in [1.807, 2.05) is 26.0 Å². The summed E-state index contributed by atoms with van der Waals surface area (Å²) in [6, 6.07) is 4.17. The average molecular weight is 536 g/mol. The van der Waals surface area contributed by atoms with Crippen LogP contribution < -0.4 is 10.6 Å². The minimum atomic E-state index is -0.217. The summed E-state index contributed by atoms with van der Waals surface area (Å²) in [4.78, 5) is 18.4. The number of carbonyl (C=O) groups is 1. The van der Waals surface area contributed by atoms with Gasteiger partial charge in [0.15, 0.2) is 5.96 Å². The van der Waals surface area contributed by atoms with Crippen LogP contribution in [0.4, 0.5) is 4.79 Å². The number of ether oxygens (including phenoxy) is 2. The topological polar surface area (TPSA) is 88.3 Å². The second kappa shape index (κ2) is 16.2. The average Bonchev–Trinajstić information content (AvgIpc) is 3.24. The molecule has 0 unspecified atom stereocenters. The fourth-order valence-corrected chi connectivity index (χ4v) is 3.18. The Bertz CT molecular complexity index is 590. The molecule has 1 aliphatic heterocycles. The highest BCUT2D eigenvalue weighted by molar-refractivity contribution is 14.0. The van der Waals surface area contributed by atoms with Gasteiger partial charge in [0, 0.05) is 51.9 Å². The maximum atomic E-state index is 11.9. The van der Waals surface area contributed by atoms with Gasteiger partial charge >= 0.3 is 6.09 Å². The van der Waals surface area contributed by atoms with Crippen molar-refractivity contribution in [1.29, 1.82) is 0 Å². The number of halogens is 1. The number of amides is 1. The Morgan fingerprint density at radius 3 is 2.73 bits per heavy atom. The Balaban J connectivity index is 0.00000450. The molecule has 0 aliphatic carbocycles. The zero-order chi connectivity index (χ0) is 20.7. The summed E-state index contributed by atoms with van der Waals surface area (Å²) >= 11 is 0. The highest BCUT2D eigenvalue weighted by Crippen LogP contribution is 2.11. The third-order valence-electron chi connectivity index (χ3n) is 4.78. The number of carbonyl (C=O) groups excluding carboxylic acids is 1. The van der Waals surface area contributed by atoms with E-state index in [0.29, 0.717) is 25.7 Å². The van der Waals surface area contributed by atoms with Crippen LogP contribution >= 0.6 is 24.0 Å². The number of nitrogens with zero attached hydrogens (tertiary/aromatic N) is 2. The van der Waals surface area contributed by atoms with Crippen LogP contribution in [0.15, 0.2) is 27.8 Å². The van der Waals surface area contributed by atoms with Crippen LogP contribution in [0.25, 0.3) is 0 Å². The molecule has 8 nitrogen and oxygen atoms in total. The molecule has 2 heterocycles. The van der Waals surface area contributed by atoms with Gasteiger partial charge in [-0.05, 0) is 51.7 Å². The van der Waals surface area contributed by atoms with E-state index in [1.54, 1.807) is 11.2 Å². The Kier molecular flexibility index (Phi) is 14.4. The smallest absolute Gasteiger partial charge is 0.409 e. The summed E-state index contributed by atoms with van der Waals surface area (Å²) in [6.07, 6.45) is 6.04. The quantitative estimate of drug-likeness (QED) is 0.195. The first-order chi connectivity index (χ1) is 14.2. The maximum Gasteiger partial charge on any atom is 0.409 e. The van der Waals surface area contributed by atoms with E-state index in [0.717, 1.165) is 70.1 Å². The zero-order valence-corrected chi connectivity index (χ0v) is 20.6. The maximum absolute atomic E-state index is 11.9. The Labute approximate surface area is 197 Å². The van der Waals surface area contributed by atoms with E-state index in [4.69, 9.17) is 18.9 Å². The molecular weight excluding hydrogens is 499 g/mol. The third-order valence-corrected chi connectivity index (χ3v) is 4.78. The first kappa shape index (κ1) is 26.5. The summed E-state index contributed by atoms with van der Waals surface area (Å²) in [7, 11) is 0. The summed E-state index contributed by atoms with van der Waals surface area (Å²) < 4.78 is 15.9. The van der Waals surface area contributed by atoms with Gasteiger partial charge in [0.2, 0.25) is 0 Å². The SMILES string of the molecule is CCOCCCCN=C(NCCc1ccco1)NC1CCN(C(=O)OCC)CC1.I. The molecule has 172 valence electrons. The highest BCUT2D eigenvalue weighted by Gasteiger charge is 2.24. The van der Waals surface area contributed by atoms with Crippen LogP contribution in [-0.2, 0) is 15.9 Å². The molecule has 0 bridgehead atoms. The number of likely N-dealkylation sites (tertiary alicyclic amines) is 1. The number of rotatable bonds is 11. The van der Waals surface area contributed by atoms with E-state index >= 15 is 0 Å². The number of aliphatic imine (C=N–C) groups is 1. The van der Waals surface area contributed by atoms with Gasteiger partial charge in [0.25, 0.3) is 0 Å². The van der Waals surface area contributed by atoms with E-state index in [9.17, 15) is 4.79 Å². The number of unbranched alkanes of at least 4 members (excludes halogenated alkanes) is 1. The molecule has 2 N–H and O–H groups in total. The van der Waals surface area contributed by atoms with Gasteiger partial charge in [0.1, 0.15) is 5.76 Å². The predicted molar refractivity (Wildman–Crippen MR) is 129 cm³/mol. The number of hydrogen-bond donors (Lipinski definition) is 2. The van der Waals surface area contributed by atoms with E-state index in [-0.39, 0.29) is 30.1 Å². The van der Waals surface area contributed by atoms with Gasteiger partial charge in [-0.15, -0.1) is 24.0 Å². The molecule has 0 aromatic carbocycles. The number of nitrogens with one attached hydrogen (secondary N) is 2.